The topological polar surface area (TPSA) is 55.1 Å². The van der Waals surface area contributed by atoms with Crippen molar-refractivity contribution in [2.24, 2.45) is 17.6 Å². The van der Waals surface area contributed by atoms with Crippen LogP contribution in [0.4, 0.5) is 0 Å². The van der Waals surface area contributed by atoms with E-state index < -0.39 is 0 Å². The van der Waals surface area contributed by atoms with E-state index in [9.17, 15) is 4.79 Å². The molecule has 1 amide bonds. The van der Waals surface area contributed by atoms with E-state index in [4.69, 9.17) is 5.73 Å². The van der Waals surface area contributed by atoms with Gasteiger partial charge in [-0.15, -0.1) is 0 Å². The molecule has 1 saturated carbocycles. The molecule has 0 radical (unpaired) electrons. The second-order valence-electron chi connectivity index (χ2n) is 5.86. The summed E-state index contributed by atoms with van der Waals surface area (Å²) >= 11 is 0. The molecular formula is C15H30N2O. The van der Waals surface area contributed by atoms with Crippen LogP contribution in [0.1, 0.15) is 64.7 Å². The van der Waals surface area contributed by atoms with Gasteiger partial charge in [-0.3, -0.25) is 4.79 Å². The van der Waals surface area contributed by atoms with Crippen LogP contribution < -0.4 is 11.1 Å². The quantitative estimate of drug-likeness (QED) is 0.654. The van der Waals surface area contributed by atoms with Crippen molar-refractivity contribution in [2.45, 2.75) is 64.7 Å². The number of carbonyl (C=O) groups excluding carboxylic acids is 1. The molecule has 1 aliphatic carbocycles. The van der Waals surface area contributed by atoms with Gasteiger partial charge in [-0.05, 0) is 37.6 Å². The van der Waals surface area contributed by atoms with Gasteiger partial charge in [0.15, 0.2) is 0 Å². The Bertz CT molecular complexity index is 223. The first-order valence-corrected chi connectivity index (χ1v) is 7.69. The van der Waals surface area contributed by atoms with Crippen LogP contribution in [0.2, 0.25) is 0 Å². The maximum Gasteiger partial charge on any atom is 0.219 e. The molecule has 0 aromatic carbocycles. The molecule has 0 aromatic rings. The third-order valence-electron chi connectivity index (χ3n) is 4.12. The summed E-state index contributed by atoms with van der Waals surface area (Å²) in [7, 11) is 0. The van der Waals surface area contributed by atoms with Gasteiger partial charge < -0.3 is 11.1 Å². The fraction of sp³-hybridized carbons (Fsp3) is 0.933. The molecule has 0 unspecified atom stereocenters. The van der Waals surface area contributed by atoms with Gasteiger partial charge in [-0.2, -0.15) is 0 Å². The Morgan fingerprint density at radius 1 is 1.17 bits per heavy atom. The molecule has 18 heavy (non-hydrogen) atoms. The number of unbranched alkanes of at least 4 members (excludes halogenated alkanes) is 2. The van der Waals surface area contributed by atoms with E-state index in [2.05, 4.69) is 12.2 Å². The Hall–Kier alpha value is -0.570. The lowest BCUT2D eigenvalue weighted by molar-refractivity contribution is -0.121. The zero-order valence-corrected chi connectivity index (χ0v) is 11.9. The molecule has 0 heterocycles. The predicted molar refractivity (Wildman–Crippen MR) is 76.3 cm³/mol. The minimum atomic E-state index is 0.219. The number of hydrogen-bond acceptors (Lipinski definition) is 2. The van der Waals surface area contributed by atoms with Crippen molar-refractivity contribution in [3.8, 4) is 0 Å². The number of hydrogen-bond donors (Lipinski definition) is 2. The smallest absolute Gasteiger partial charge is 0.219 e. The Morgan fingerprint density at radius 3 is 2.56 bits per heavy atom. The van der Waals surface area contributed by atoms with Crippen LogP contribution >= 0.6 is 0 Å². The summed E-state index contributed by atoms with van der Waals surface area (Å²) in [4.78, 5) is 11.6. The average molecular weight is 254 g/mol. The first-order valence-electron chi connectivity index (χ1n) is 7.69. The van der Waals surface area contributed by atoms with Crippen LogP contribution in [-0.2, 0) is 4.79 Å². The molecular weight excluding hydrogens is 224 g/mol. The molecule has 3 N–H and O–H groups in total. The third-order valence-corrected chi connectivity index (χ3v) is 4.12. The third kappa shape index (κ3) is 7.00. The molecule has 106 valence electrons. The van der Waals surface area contributed by atoms with Crippen molar-refractivity contribution >= 4 is 5.91 Å². The van der Waals surface area contributed by atoms with Crippen molar-refractivity contribution in [1.82, 2.24) is 5.32 Å². The number of nitrogens with one attached hydrogen (secondary N) is 1. The summed E-state index contributed by atoms with van der Waals surface area (Å²) in [5.74, 6) is 1.98. The molecule has 1 aliphatic rings. The van der Waals surface area contributed by atoms with Crippen LogP contribution in [0.3, 0.4) is 0 Å². The minimum Gasteiger partial charge on any atom is -0.356 e. The van der Waals surface area contributed by atoms with Crippen LogP contribution in [0.15, 0.2) is 0 Å². The summed E-state index contributed by atoms with van der Waals surface area (Å²) in [6.07, 6.45) is 10.4. The molecule has 3 heteroatoms. The first-order chi connectivity index (χ1) is 8.72. The average Bonchev–Trinajstić information content (AvgIpc) is 2.37. The number of carbonyl (C=O) groups is 1. The van der Waals surface area contributed by atoms with Crippen molar-refractivity contribution < 1.29 is 4.79 Å². The van der Waals surface area contributed by atoms with Crippen LogP contribution in [0, 0.1) is 11.8 Å². The molecule has 0 aromatic heterocycles. The maximum atomic E-state index is 11.6. The van der Waals surface area contributed by atoms with E-state index >= 15 is 0 Å². The lowest BCUT2D eigenvalue weighted by atomic mass is 9.81. The molecule has 1 rings (SSSR count). The summed E-state index contributed by atoms with van der Waals surface area (Å²) in [5.41, 5.74) is 5.42. The van der Waals surface area contributed by atoms with Crippen LogP contribution in [0.5, 0.6) is 0 Å². The Morgan fingerprint density at radius 2 is 1.89 bits per heavy atom. The van der Waals surface area contributed by atoms with Gasteiger partial charge in [0, 0.05) is 13.0 Å². The second-order valence-corrected chi connectivity index (χ2v) is 5.86. The predicted octanol–water partition coefficient (Wildman–Crippen LogP) is 2.84. The molecule has 0 bridgehead atoms. The van der Waals surface area contributed by atoms with Gasteiger partial charge >= 0.3 is 0 Å². The van der Waals surface area contributed by atoms with Crippen molar-refractivity contribution in [3.63, 3.8) is 0 Å². The highest BCUT2D eigenvalue weighted by Crippen LogP contribution is 2.29. The van der Waals surface area contributed by atoms with Crippen LogP contribution in [-0.4, -0.2) is 19.0 Å². The summed E-state index contributed by atoms with van der Waals surface area (Å²) < 4.78 is 0. The molecule has 0 saturated heterocycles. The number of nitrogens with two attached hydrogens (primary N) is 1. The van der Waals surface area contributed by atoms with E-state index in [0.29, 0.717) is 6.42 Å². The molecule has 0 spiro atoms. The highest BCUT2D eigenvalue weighted by atomic mass is 16.1. The minimum absolute atomic E-state index is 0.219. The lowest BCUT2D eigenvalue weighted by Crippen LogP contribution is -2.26. The van der Waals surface area contributed by atoms with E-state index in [1.165, 1.54) is 32.1 Å². The standard InChI is InChI=1S/C15H30N2O/c1-13-6-8-14(9-7-13)10-12-17-15(18)5-3-2-4-11-16/h13-14H,2-12,16H2,1H3,(H,17,18). The monoisotopic (exact) mass is 254 g/mol. The fourth-order valence-corrected chi connectivity index (χ4v) is 2.73. The van der Waals surface area contributed by atoms with Gasteiger partial charge in [0.1, 0.15) is 0 Å². The van der Waals surface area contributed by atoms with E-state index in [-0.39, 0.29) is 5.91 Å². The molecule has 0 aliphatic heterocycles. The normalized spacial score (nSPS) is 23.9. The van der Waals surface area contributed by atoms with Crippen molar-refractivity contribution in [1.29, 1.82) is 0 Å². The lowest BCUT2D eigenvalue weighted by Gasteiger charge is -2.26. The van der Waals surface area contributed by atoms with E-state index in [1.54, 1.807) is 0 Å². The number of amides is 1. The Balaban J connectivity index is 1.95. The van der Waals surface area contributed by atoms with E-state index in [1.807, 2.05) is 0 Å². The van der Waals surface area contributed by atoms with Gasteiger partial charge in [0.05, 0.1) is 0 Å². The number of rotatable bonds is 8. The first kappa shape index (κ1) is 15.5. The van der Waals surface area contributed by atoms with Crippen molar-refractivity contribution in [3.05, 3.63) is 0 Å². The maximum absolute atomic E-state index is 11.6. The summed E-state index contributed by atoms with van der Waals surface area (Å²) in [6, 6.07) is 0. The molecule has 0 atom stereocenters. The zero-order chi connectivity index (χ0) is 13.2. The molecule has 1 fully saturated rings. The van der Waals surface area contributed by atoms with Gasteiger partial charge in [0.25, 0.3) is 0 Å². The summed E-state index contributed by atoms with van der Waals surface area (Å²) in [6.45, 7) is 3.95. The SMILES string of the molecule is CC1CCC(CCNC(=O)CCCCCN)CC1. The van der Waals surface area contributed by atoms with Crippen molar-refractivity contribution in [2.75, 3.05) is 13.1 Å². The van der Waals surface area contributed by atoms with Crippen LogP contribution in [0.25, 0.3) is 0 Å². The Labute approximate surface area is 112 Å². The second kappa shape index (κ2) is 9.37. The molecule has 3 nitrogen and oxygen atoms in total. The Kier molecular flexibility index (Phi) is 8.06. The van der Waals surface area contributed by atoms with Gasteiger partial charge in [-0.25, -0.2) is 0 Å². The van der Waals surface area contributed by atoms with Gasteiger partial charge in [-0.1, -0.05) is 39.0 Å². The summed E-state index contributed by atoms with van der Waals surface area (Å²) in [5, 5.41) is 3.05. The zero-order valence-electron chi connectivity index (χ0n) is 11.9. The van der Waals surface area contributed by atoms with E-state index in [0.717, 1.165) is 44.2 Å². The fourth-order valence-electron chi connectivity index (χ4n) is 2.73. The highest BCUT2D eigenvalue weighted by Gasteiger charge is 2.17. The largest absolute Gasteiger partial charge is 0.356 e. The highest BCUT2D eigenvalue weighted by molar-refractivity contribution is 5.75. The van der Waals surface area contributed by atoms with Gasteiger partial charge in [0.2, 0.25) is 5.91 Å².